The van der Waals surface area contributed by atoms with Gasteiger partial charge in [-0.3, -0.25) is 4.79 Å². The Balaban J connectivity index is 1.60. The van der Waals surface area contributed by atoms with Crippen molar-refractivity contribution in [2.45, 2.75) is 38.6 Å². The summed E-state index contributed by atoms with van der Waals surface area (Å²) in [6.45, 7) is 4.89. The first-order chi connectivity index (χ1) is 7.74. The molecular weight excluding hydrogens is 200 g/mol. The van der Waals surface area contributed by atoms with E-state index in [9.17, 15) is 4.79 Å². The number of rotatable bonds is 2. The molecule has 1 amide bonds. The zero-order valence-corrected chi connectivity index (χ0v) is 10.1. The lowest BCUT2D eigenvalue weighted by Gasteiger charge is -2.35. The predicted octanol–water partition coefficient (Wildman–Crippen LogP) is 1.24. The molecular formula is C13H22N2O. The summed E-state index contributed by atoms with van der Waals surface area (Å²) in [5.41, 5.74) is 0. The van der Waals surface area contributed by atoms with Crippen molar-refractivity contribution in [1.82, 2.24) is 10.2 Å². The third-order valence-corrected chi connectivity index (χ3v) is 4.85. The van der Waals surface area contributed by atoms with E-state index in [1.165, 1.54) is 25.7 Å². The molecule has 3 fully saturated rings. The molecule has 3 heteroatoms. The summed E-state index contributed by atoms with van der Waals surface area (Å²) in [6.07, 6.45) is 5.70. The minimum absolute atomic E-state index is 0.0346. The Morgan fingerprint density at radius 1 is 1.38 bits per heavy atom. The second-order valence-corrected chi connectivity index (χ2v) is 5.90. The summed E-state index contributed by atoms with van der Waals surface area (Å²) in [5, 5.41) is 3.23. The third kappa shape index (κ3) is 1.75. The molecule has 3 rings (SSSR count). The molecule has 1 saturated heterocycles. The first-order valence-electron chi connectivity index (χ1n) is 6.76. The van der Waals surface area contributed by atoms with Crippen LogP contribution in [0.15, 0.2) is 0 Å². The van der Waals surface area contributed by atoms with Gasteiger partial charge in [-0.15, -0.1) is 0 Å². The van der Waals surface area contributed by atoms with E-state index in [4.69, 9.17) is 0 Å². The van der Waals surface area contributed by atoms with Crippen LogP contribution < -0.4 is 5.32 Å². The average Bonchev–Trinajstić information content (AvgIpc) is 2.86. The molecule has 0 aromatic carbocycles. The Labute approximate surface area is 97.6 Å². The van der Waals surface area contributed by atoms with Gasteiger partial charge < -0.3 is 10.2 Å². The van der Waals surface area contributed by atoms with Gasteiger partial charge in [-0.05, 0) is 43.9 Å². The highest BCUT2D eigenvalue weighted by Gasteiger charge is 2.41. The molecule has 2 bridgehead atoms. The number of nitrogens with one attached hydrogen (secondary N) is 1. The highest BCUT2D eigenvalue weighted by Crippen LogP contribution is 2.48. The first kappa shape index (κ1) is 10.6. The molecule has 0 radical (unpaired) electrons. The Bertz CT molecular complexity index is 292. The van der Waals surface area contributed by atoms with Crippen LogP contribution in [0.1, 0.15) is 32.6 Å². The number of carbonyl (C=O) groups excluding carboxylic acids is 1. The number of nitrogens with zero attached hydrogens (tertiary/aromatic N) is 1. The van der Waals surface area contributed by atoms with E-state index >= 15 is 0 Å². The fraction of sp³-hybridized carbons (Fsp3) is 0.923. The van der Waals surface area contributed by atoms with Gasteiger partial charge in [0.2, 0.25) is 5.91 Å². The molecule has 4 atom stereocenters. The monoisotopic (exact) mass is 222 g/mol. The van der Waals surface area contributed by atoms with E-state index in [0.717, 1.165) is 37.4 Å². The van der Waals surface area contributed by atoms with Crippen molar-refractivity contribution in [1.29, 1.82) is 0 Å². The summed E-state index contributed by atoms with van der Waals surface area (Å²) >= 11 is 0. The Hall–Kier alpha value is -0.570. The van der Waals surface area contributed by atoms with Crippen LogP contribution >= 0.6 is 0 Å². The summed E-state index contributed by atoms with van der Waals surface area (Å²) in [7, 11) is 0. The van der Waals surface area contributed by atoms with E-state index in [1.807, 2.05) is 6.92 Å². The van der Waals surface area contributed by atoms with Crippen LogP contribution in [-0.2, 0) is 4.79 Å². The number of hydrogen-bond donors (Lipinski definition) is 1. The van der Waals surface area contributed by atoms with Crippen LogP contribution in [0, 0.1) is 17.8 Å². The molecule has 3 aliphatic rings. The van der Waals surface area contributed by atoms with Crippen LogP contribution in [0.2, 0.25) is 0 Å². The molecule has 90 valence electrons. The summed E-state index contributed by atoms with van der Waals surface area (Å²) in [5.74, 6) is 3.05. The minimum Gasteiger partial charge on any atom is -0.340 e. The predicted molar refractivity (Wildman–Crippen MR) is 63.0 cm³/mol. The minimum atomic E-state index is 0.0346. The van der Waals surface area contributed by atoms with Crippen LogP contribution in [0.3, 0.4) is 0 Å². The van der Waals surface area contributed by atoms with Gasteiger partial charge in [-0.2, -0.15) is 0 Å². The van der Waals surface area contributed by atoms with Crippen molar-refractivity contribution >= 4 is 5.91 Å². The molecule has 1 heterocycles. The molecule has 0 spiro atoms. The van der Waals surface area contributed by atoms with E-state index in [2.05, 4.69) is 10.2 Å². The van der Waals surface area contributed by atoms with Gasteiger partial charge in [0.05, 0.1) is 6.04 Å². The van der Waals surface area contributed by atoms with Gasteiger partial charge in [0.25, 0.3) is 0 Å². The molecule has 3 nitrogen and oxygen atoms in total. The molecule has 16 heavy (non-hydrogen) atoms. The maximum atomic E-state index is 12.0. The molecule has 2 aliphatic carbocycles. The lowest BCUT2D eigenvalue weighted by Crippen LogP contribution is -2.54. The fourth-order valence-electron chi connectivity index (χ4n) is 3.95. The van der Waals surface area contributed by atoms with Gasteiger partial charge in [-0.1, -0.05) is 6.42 Å². The highest BCUT2D eigenvalue weighted by molar-refractivity contribution is 5.82. The van der Waals surface area contributed by atoms with Crippen molar-refractivity contribution in [2.75, 3.05) is 19.6 Å². The number of piperazine rings is 1. The third-order valence-electron chi connectivity index (χ3n) is 4.85. The number of amides is 1. The molecule has 1 aliphatic heterocycles. The van der Waals surface area contributed by atoms with Gasteiger partial charge in [0, 0.05) is 19.6 Å². The molecule has 1 N–H and O–H groups in total. The Morgan fingerprint density at radius 2 is 2.25 bits per heavy atom. The van der Waals surface area contributed by atoms with Gasteiger partial charge in [0.15, 0.2) is 0 Å². The van der Waals surface area contributed by atoms with Crippen molar-refractivity contribution in [3.8, 4) is 0 Å². The SMILES string of the molecule is CC1NCCN(CC2CC3CCC2C3)C1=O. The molecule has 0 aromatic heterocycles. The van der Waals surface area contributed by atoms with Crippen molar-refractivity contribution in [3.63, 3.8) is 0 Å². The van der Waals surface area contributed by atoms with Crippen LogP contribution in [-0.4, -0.2) is 36.5 Å². The smallest absolute Gasteiger partial charge is 0.239 e. The summed E-state index contributed by atoms with van der Waals surface area (Å²) in [4.78, 5) is 14.1. The zero-order valence-electron chi connectivity index (χ0n) is 10.1. The maximum Gasteiger partial charge on any atom is 0.239 e. The first-order valence-corrected chi connectivity index (χ1v) is 6.76. The number of fused-ring (bicyclic) bond motifs is 2. The van der Waals surface area contributed by atoms with Crippen LogP contribution in [0.4, 0.5) is 0 Å². The highest BCUT2D eigenvalue weighted by atomic mass is 16.2. The van der Waals surface area contributed by atoms with E-state index in [0.29, 0.717) is 5.91 Å². The van der Waals surface area contributed by atoms with Crippen molar-refractivity contribution in [3.05, 3.63) is 0 Å². The summed E-state index contributed by atoms with van der Waals surface area (Å²) in [6, 6.07) is 0.0346. The number of carbonyl (C=O) groups is 1. The van der Waals surface area contributed by atoms with E-state index < -0.39 is 0 Å². The fourth-order valence-corrected chi connectivity index (χ4v) is 3.95. The summed E-state index contributed by atoms with van der Waals surface area (Å²) < 4.78 is 0. The standard InChI is InChI=1S/C13H22N2O/c1-9-13(16)15(5-4-14-9)8-12-7-10-2-3-11(12)6-10/h9-12,14H,2-8H2,1H3. The molecule has 2 saturated carbocycles. The topological polar surface area (TPSA) is 32.3 Å². The van der Waals surface area contributed by atoms with E-state index in [1.54, 1.807) is 0 Å². The average molecular weight is 222 g/mol. The Morgan fingerprint density at radius 3 is 2.94 bits per heavy atom. The zero-order chi connectivity index (χ0) is 11.1. The molecule has 0 aromatic rings. The molecule has 4 unspecified atom stereocenters. The Kier molecular flexibility index (Phi) is 2.66. The van der Waals surface area contributed by atoms with E-state index in [-0.39, 0.29) is 6.04 Å². The van der Waals surface area contributed by atoms with Gasteiger partial charge in [-0.25, -0.2) is 0 Å². The quantitative estimate of drug-likeness (QED) is 0.762. The van der Waals surface area contributed by atoms with Crippen molar-refractivity contribution < 1.29 is 4.79 Å². The van der Waals surface area contributed by atoms with Gasteiger partial charge in [0.1, 0.15) is 0 Å². The lowest BCUT2D eigenvalue weighted by molar-refractivity contribution is -0.136. The van der Waals surface area contributed by atoms with Crippen molar-refractivity contribution in [2.24, 2.45) is 17.8 Å². The largest absolute Gasteiger partial charge is 0.340 e. The maximum absolute atomic E-state index is 12.0. The normalized spacial score (nSPS) is 43.1. The van der Waals surface area contributed by atoms with Crippen LogP contribution in [0.25, 0.3) is 0 Å². The second-order valence-electron chi connectivity index (χ2n) is 5.90. The number of hydrogen-bond acceptors (Lipinski definition) is 2. The van der Waals surface area contributed by atoms with Crippen LogP contribution in [0.5, 0.6) is 0 Å². The lowest BCUT2D eigenvalue weighted by atomic mass is 9.88. The second kappa shape index (κ2) is 4.02. The van der Waals surface area contributed by atoms with Gasteiger partial charge >= 0.3 is 0 Å².